The average Bonchev–Trinajstić information content (AvgIpc) is 2.26. The van der Waals surface area contributed by atoms with Gasteiger partial charge in [0, 0.05) is 5.57 Å². The van der Waals surface area contributed by atoms with Gasteiger partial charge in [0.15, 0.2) is 0 Å². The van der Waals surface area contributed by atoms with E-state index in [1.165, 1.54) is 19.3 Å². The van der Waals surface area contributed by atoms with Crippen molar-refractivity contribution in [2.45, 2.75) is 45.4 Å². The van der Waals surface area contributed by atoms with Gasteiger partial charge in [-0.05, 0) is 38.6 Å². The van der Waals surface area contributed by atoms with E-state index in [4.69, 9.17) is 10.8 Å². The third-order valence-electron chi connectivity index (χ3n) is 3.31. The first-order chi connectivity index (χ1) is 7.16. The smallest absolute Gasteiger partial charge is 0.331 e. The van der Waals surface area contributed by atoms with E-state index in [1.807, 2.05) is 0 Å². The fraction of sp³-hybridized carbons (Fsp3) is 0.750. The molecule has 0 unspecified atom stereocenters. The number of rotatable bonds is 4. The molecule has 0 atom stereocenters. The van der Waals surface area contributed by atoms with Gasteiger partial charge in [0.1, 0.15) is 0 Å². The normalized spacial score (nSPS) is 19.9. The molecule has 1 aliphatic carbocycles. The lowest BCUT2D eigenvalue weighted by atomic mass is 9.80. The summed E-state index contributed by atoms with van der Waals surface area (Å²) in [4.78, 5) is 11.0. The summed E-state index contributed by atoms with van der Waals surface area (Å²) in [6, 6.07) is 0. The molecule has 3 nitrogen and oxygen atoms in total. The number of carboxylic acids is 1. The van der Waals surface area contributed by atoms with Crippen molar-refractivity contribution in [3.05, 3.63) is 11.1 Å². The lowest BCUT2D eigenvalue weighted by Crippen LogP contribution is -2.16. The summed E-state index contributed by atoms with van der Waals surface area (Å²) in [7, 11) is 0. The van der Waals surface area contributed by atoms with E-state index in [-0.39, 0.29) is 0 Å². The third kappa shape index (κ3) is 3.34. The van der Waals surface area contributed by atoms with Gasteiger partial charge in [-0.15, -0.1) is 0 Å². The lowest BCUT2D eigenvalue weighted by Gasteiger charge is -2.25. The van der Waals surface area contributed by atoms with Crippen LogP contribution in [0.2, 0.25) is 0 Å². The van der Waals surface area contributed by atoms with Gasteiger partial charge in [-0.25, -0.2) is 4.79 Å². The topological polar surface area (TPSA) is 63.3 Å². The van der Waals surface area contributed by atoms with Crippen molar-refractivity contribution >= 4 is 5.97 Å². The van der Waals surface area contributed by atoms with E-state index in [0.717, 1.165) is 24.8 Å². The Kier molecular flexibility index (Phi) is 4.82. The molecule has 86 valence electrons. The molecule has 0 spiro atoms. The molecule has 3 N–H and O–H groups in total. The summed E-state index contributed by atoms with van der Waals surface area (Å²) in [6.45, 7) is 2.26. The van der Waals surface area contributed by atoms with Crippen molar-refractivity contribution < 1.29 is 9.90 Å². The van der Waals surface area contributed by atoms with Gasteiger partial charge in [0.05, 0.1) is 0 Å². The molecule has 0 aromatic carbocycles. The Morgan fingerprint density at radius 1 is 1.33 bits per heavy atom. The number of carboxylic acid groups (broad SMARTS) is 1. The monoisotopic (exact) mass is 211 g/mol. The lowest BCUT2D eigenvalue weighted by molar-refractivity contribution is -0.132. The quantitative estimate of drug-likeness (QED) is 0.701. The largest absolute Gasteiger partial charge is 0.478 e. The van der Waals surface area contributed by atoms with Gasteiger partial charge in [-0.2, -0.15) is 0 Å². The molecule has 15 heavy (non-hydrogen) atoms. The summed E-state index contributed by atoms with van der Waals surface area (Å²) in [5, 5.41) is 9.01. The Morgan fingerprint density at radius 2 is 1.93 bits per heavy atom. The fourth-order valence-corrected chi connectivity index (χ4v) is 2.44. The van der Waals surface area contributed by atoms with Gasteiger partial charge in [0.2, 0.25) is 0 Å². The van der Waals surface area contributed by atoms with E-state index >= 15 is 0 Å². The molecule has 3 heteroatoms. The zero-order valence-electron chi connectivity index (χ0n) is 9.46. The van der Waals surface area contributed by atoms with Crippen LogP contribution in [0.25, 0.3) is 0 Å². The van der Waals surface area contributed by atoms with E-state index in [2.05, 4.69) is 0 Å². The molecule has 0 bridgehead atoms. The van der Waals surface area contributed by atoms with Crippen molar-refractivity contribution in [1.29, 1.82) is 0 Å². The maximum absolute atomic E-state index is 11.0. The Hall–Kier alpha value is -0.830. The van der Waals surface area contributed by atoms with E-state index in [0.29, 0.717) is 18.0 Å². The highest BCUT2D eigenvalue weighted by Crippen LogP contribution is 2.32. The van der Waals surface area contributed by atoms with Crippen LogP contribution in [0.15, 0.2) is 11.1 Å². The first-order valence-corrected chi connectivity index (χ1v) is 5.79. The minimum Gasteiger partial charge on any atom is -0.478 e. The third-order valence-corrected chi connectivity index (χ3v) is 3.31. The summed E-state index contributed by atoms with van der Waals surface area (Å²) in [5.41, 5.74) is 7.16. The number of hydrogen-bond donors (Lipinski definition) is 2. The van der Waals surface area contributed by atoms with E-state index in [9.17, 15) is 4.79 Å². The van der Waals surface area contributed by atoms with Crippen LogP contribution in [0.4, 0.5) is 0 Å². The van der Waals surface area contributed by atoms with Gasteiger partial charge < -0.3 is 10.8 Å². The van der Waals surface area contributed by atoms with Crippen LogP contribution in [-0.2, 0) is 4.79 Å². The van der Waals surface area contributed by atoms with Crippen LogP contribution in [0, 0.1) is 5.92 Å². The highest BCUT2D eigenvalue weighted by Gasteiger charge is 2.21. The Bertz CT molecular complexity index is 252. The number of aliphatic carboxylic acids is 1. The standard InChI is InChI=1S/C12H21NO2/c1-9(12(14)15)11(7-8-13)10-5-3-2-4-6-10/h10H,2-8,13H2,1H3,(H,14,15). The van der Waals surface area contributed by atoms with E-state index in [1.54, 1.807) is 6.92 Å². The number of hydrogen-bond acceptors (Lipinski definition) is 2. The highest BCUT2D eigenvalue weighted by atomic mass is 16.4. The van der Waals surface area contributed by atoms with Crippen molar-refractivity contribution in [2.75, 3.05) is 6.54 Å². The van der Waals surface area contributed by atoms with E-state index < -0.39 is 5.97 Å². The fourth-order valence-electron chi connectivity index (χ4n) is 2.44. The highest BCUT2D eigenvalue weighted by molar-refractivity contribution is 5.86. The molecular formula is C12H21NO2. The summed E-state index contributed by atoms with van der Waals surface area (Å²) < 4.78 is 0. The Balaban J connectivity index is 2.80. The predicted octanol–water partition coefficient (Wildman–Crippen LogP) is 2.32. The molecule has 1 rings (SSSR count). The summed E-state index contributed by atoms with van der Waals surface area (Å²) >= 11 is 0. The number of nitrogens with two attached hydrogens (primary N) is 1. The molecule has 0 amide bonds. The van der Waals surface area contributed by atoms with Crippen molar-refractivity contribution in [1.82, 2.24) is 0 Å². The van der Waals surface area contributed by atoms with Crippen LogP contribution >= 0.6 is 0 Å². The minimum absolute atomic E-state index is 0.471. The molecule has 1 fully saturated rings. The van der Waals surface area contributed by atoms with Crippen molar-refractivity contribution in [2.24, 2.45) is 11.7 Å². The van der Waals surface area contributed by atoms with Gasteiger partial charge in [-0.1, -0.05) is 24.8 Å². The average molecular weight is 211 g/mol. The van der Waals surface area contributed by atoms with Gasteiger partial charge in [0.25, 0.3) is 0 Å². The first-order valence-electron chi connectivity index (χ1n) is 5.79. The van der Waals surface area contributed by atoms with Crippen LogP contribution in [0.5, 0.6) is 0 Å². The minimum atomic E-state index is -0.788. The van der Waals surface area contributed by atoms with Crippen LogP contribution in [0.3, 0.4) is 0 Å². The van der Waals surface area contributed by atoms with Gasteiger partial charge >= 0.3 is 5.97 Å². The van der Waals surface area contributed by atoms with Crippen molar-refractivity contribution in [3.8, 4) is 0 Å². The van der Waals surface area contributed by atoms with Gasteiger partial charge in [-0.3, -0.25) is 0 Å². The second-order valence-electron chi connectivity index (χ2n) is 4.33. The molecule has 0 aromatic rings. The maximum atomic E-state index is 11.0. The van der Waals surface area contributed by atoms with Crippen molar-refractivity contribution in [3.63, 3.8) is 0 Å². The number of carbonyl (C=O) groups is 1. The molecule has 0 aromatic heterocycles. The maximum Gasteiger partial charge on any atom is 0.331 e. The van der Waals surface area contributed by atoms with Crippen LogP contribution in [0.1, 0.15) is 45.4 Å². The Labute approximate surface area is 91.4 Å². The molecule has 0 radical (unpaired) electrons. The SMILES string of the molecule is CC(C(=O)O)=C(CCN)C1CCCCC1. The molecule has 1 aliphatic rings. The Morgan fingerprint density at radius 3 is 2.40 bits per heavy atom. The van der Waals surface area contributed by atoms with Crippen LogP contribution < -0.4 is 5.73 Å². The second-order valence-corrected chi connectivity index (χ2v) is 4.33. The summed E-state index contributed by atoms with van der Waals surface area (Å²) in [6.07, 6.45) is 6.76. The molecule has 0 saturated heterocycles. The zero-order valence-corrected chi connectivity index (χ0v) is 9.46. The molecular weight excluding hydrogens is 190 g/mol. The zero-order chi connectivity index (χ0) is 11.3. The molecule has 0 heterocycles. The predicted molar refractivity (Wildman–Crippen MR) is 60.6 cm³/mol. The summed E-state index contributed by atoms with van der Waals surface area (Å²) in [5.74, 6) is -0.317. The molecule has 0 aliphatic heterocycles. The first kappa shape index (κ1) is 12.2. The molecule has 1 saturated carbocycles. The second kappa shape index (κ2) is 5.91. The van der Waals surface area contributed by atoms with Crippen LogP contribution in [-0.4, -0.2) is 17.6 Å².